The molecule has 0 spiro atoms. The molecule has 0 unspecified atom stereocenters. The summed E-state index contributed by atoms with van der Waals surface area (Å²) in [7, 11) is 2.99. The van der Waals surface area contributed by atoms with Crippen molar-refractivity contribution >= 4 is 5.97 Å². The van der Waals surface area contributed by atoms with Crippen LogP contribution in [0.25, 0.3) is 0 Å². The quantitative estimate of drug-likeness (QED) is 0.194. The molecule has 1 aromatic carbocycles. The first-order chi connectivity index (χ1) is 18.0. The van der Waals surface area contributed by atoms with Gasteiger partial charge in [0, 0.05) is 13.5 Å². The second kappa shape index (κ2) is 18.5. The van der Waals surface area contributed by atoms with Gasteiger partial charge in [-0.05, 0) is 24.1 Å². The maximum atomic E-state index is 12.7. The molecule has 0 bridgehead atoms. The van der Waals surface area contributed by atoms with Crippen molar-refractivity contribution < 1.29 is 38.7 Å². The van der Waals surface area contributed by atoms with Gasteiger partial charge >= 0.3 is 5.97 Å². The van der Waals surface area contributed by atoms with Crippen molar-refractivity contribution in [2.24, 2.45) is 0 Å². The summed E-state index contributed by atoms with van der Waals surface area (Å²) in [5.74, 6) is 0.331. The number of benzene rings is 1. The lowest BCUT2D eigenvalue weighted by Gasteiger charge is -2.42. The van der Waals surface area contributed by atoms with E-state index in [9.17, 15) is 15.0 Å². The van der Waals surface area contributed by atoms with E-state index in [1.165, 1.54) is 58.5 Å². The average molecular weight is 525 g/mol. The van der Waals surface area contributed by atoms with Crippen LogP contribution >= 0.6 is 0 Å². The molecule has 8 heteroatoms. The molecule has 0 aliphatic carbocycles. The number of unbranched alkanes of at least 4 members (excludes halogenated alkanes) is 10. The minimum absolute atomic E-state index is 0.186. The Hall–Kier alpha value is -1.71. The minimum Gasteiger partial charge on any atom is -0.497 e. The van der Waals surface area contributed by atoms with Gasteiger partial charge in [-0.25, -0.2) is 0 Å². The standard InChI is InChI=1S/C29H48O8/c1-4-5-6-7-8-9-10-11-12-13-14-15-25(31)37-28-26(32)29(34-3)36-24(20-30)27(28)35-21-22-16-18-23(33-2)19-17-22/h16-19,24,26-30,32H,4-15,20-21H2,1-3H3/t24-,26-,27-,28-,29+/m1/s1. The van der Waals surface area contributed by atoms with E-state index < -0.39 is 36.7 Å². The fourth-order valence-electron chi connectivity index (χ4n) is 4.63. The monoisotopic (exact) mass is 524 g/mol. The summed E-state index contributed by atoms with van der Waals surface area (Å²) in [4.78, 5) is 12.7. The van der Waals surface area contributed by atoms with Crippen LogP contribution in [-0.4, -0.2) is 67.7 Å². The van der Waals surface area contributed by atoms with Crippen LogP contribution in [0.2, 0.25) is 0 Å². The van der Waals surface area contributed by atoms with Crippen LogP contribution in [0, 0.1) is 0 Å². The van der Waals surface area contributed by atoms with E-state index in [2.05, 4.69) is 6.92 Å². The van der Waals surface area contributed by atoms with Crippen molar-refractivity contribution in [3.8, 4) is 5.75 Å². The summed E-state index contributed by atoms with van der Waals surface area (Å²) in [6.07, 6.45) is 8.48. The number of rotatable bonds is 19. The number of aliphatic hydroxyl groups excluding tert-OH is 2. The third kappa shape index (κ3) is 11.3. The van der Waals surface area contributed by atoms with Crippen LogP contribution in [0.3, 0.4) is 0 Å². The van der Waals surface area contributed by atoms with Crippen LogP contribution in [0.4, 0.5) is 0 Å². The number of hydrogen-bond donors (Lipinski definition) is 2. The van der Waals surface area contributed by atoms with E-state index in [-0.39, 0.29) is 19.6 Å². The minimum atomic E-state index is -1.24. The molecule has 1 saturated heterocycles. The Morgan fingerprint density at radius 1 is 0.892 bits per heavy atom. The van der Waals surface area contributed by atoms with Crippen molar-refractivity contribution in [2.45, 2.75) is 121 Å². The van der Waals surface area contributed by atoms with E-state index >= 15 is 0 Å². The second-order valence-electron chi connectivity index (χ2n) is 9.82. The summed E-state index contributed by atoms with van der Waals surface area (Å²) in [6.45, 7) is 2.05. The van der Waals surface area contributed by atoms with E-state index in [1.807, 2.05) is 24.3 Å². The molecule has 2 N–H and O–H groups in total. The molecule has 8 nitrogen and oxygen atoms in total. The van der Waals surface area contributed by atoms with Crippen LogP contribution in [-0.2, 0) is 30.3 Å². The highest BCUT2D eigenvalue weighted by molar-refractivity contribution is 5.69. The zero-order valence-corrected chi connectivity index (χ0v) is 22.9. The van der Waals surface area contributed by atoms with Crippen molar-refractivity contribution in [3.63, 3.8) is 0 Å². The Balaban J connectivity index is 1.80. The van der Waals surface area contributed by atoms with Crippen molar-refractivity contribution in [3.05, 3.63) is 29.8 Å². The largest absolute Gasteiger partial charge is 0.497 e. The van der Waals surface area contributed by atoms with Crippen LogP contribution in [0.5, 0.6) is 5.75 Å². The molecule has 212 valence electrons. The maximum absolute atomic E-state index is 12.7. The molecule has 37 heavy (non-hydrogen) atoms. The van der Waals surface area contributed by atoms with Crippen molar-refractivity contribution in [2.75, 3.05) is 20.8 Å². The Labute approximate surface area is 222 Å². The topological polar surface area (TPSA) is 104 Å². The number of hydrogen-bond acceptors (Lipinski definition) is 8. The van der Waals surface area contributed by atoms with Crippen LogP contribution < -0.4 is 4.74 Å². The molecule has 0 aromatic heterocycles. The summed E-state index contributed by atoms with van der Waals surface area (Å²) in [5.41, 5.74) is 0.867. The average Bonchev–Trinajstić information content (AvgIpc) is 2.92. The summed E-state index contributed by atoms with van der Waals surface area (Å²) in [5, 5.41) is 20.7. The van der Waals surface area contributed by atoms with Crippen molar-refractivity contribution in [1.29, 1.82) is 0 Å². The molecule has 1 aromatic rings. The third-order valence-electron chi connectivity index (χ3n) is 6.88. The van der Waals surface area contributed by atoms with Crippen LogP contribution in [0.1, 0.15) is 89.5 Å². The SMILES string of the molecule is CCCCCCCCCCCCCC(=O)O[C@@H]1[C@@H](O)[C@@H](OC)O[C@H](CO)[C@H]1OCc1ccc(OC)cc1. The first-order valence-electron chi connectivity index (χ1n) is 13.9. The zero-order valence-electron chi connectivity index (χ0n) is 22.9. The number of carbonyl (C=O) groups is 1. The summed E-state index contributed by atoms with van der Waals surface area (Å²) < 4.78 is 27.8. The predicted molar refractivity (Wildman–Crippen MR) is 141 cm³/mol. The maximum Gasteiger partial charge on any atom is 0.306 e. The number of aliphatic hydroxyl groups is 2. The van der Waals surface area contributed by atoms with Gasteiger partial charge in [0.2, 0.25) is 0 Å². The van der Waals surface area contributed by atoms with Gasteiger partial charge in [0.1, 0.15) is 24.1 Å². The third-order valence-corrected chi connectivity index (χ3v) is 6.88. The van der Waals surface area contributed by atoms with Gasteiger partial charge in [0.05, 0.1) is 20.3 Å². The second-order valence-corrected chi connectivity index (χ2v) is 9.82. The Morgan fingerprint density at radius 2 is 1.49 bits per heavy atom. The van der Waals surface area contributed by atoms with Gasteiger partial charge < -0.3 is 33.9 Å². The summed E-state index contributed by atoms with van der Waals surface area (Å²) >= 11 is 0. The smallest absolute Gasteiger partial charge is 0.306 e. The molecule has 1 heterocycles. The number of ether oxygens (including phenoxy) is 5. The highest BCUT2D eigenvalue weighted by Crippen LogP contribution is 2.28. The van der Waals surface area contributed by atoms with Gasteiger partial charge in [0.15, 0.2) is 12.4 Å². The number of carbonyl (C=O) groups excluding carboxylic acids is 1. The highest BCUT2D eigenvalue weighted by atomic mass is 16.7. The van der Waals surface area contributed by atoms with Gasteiger partial charge in [-0.2, -0.15) is 0 Å². The van der Waals surface area contributed by atoms with Gasteiger partial charge in [0.25, 0.3) is 0 Å². The Kier molecular flexibility index (Phi) is 15.8. The van der Waals surface area contributed by atoms with Crippen molar-refractivity contribution in [1.82, 2.24) is 0 Å². The molecule has 2 rings (SSSR count). The lowest BCUT2D eigenvalue weighted by atomic mass is 9.98. The van der Waals surface area contributed by atoms with Gasteiger partial charge in [-0.15, -0.1) is 0 Å². The van der Waals surface area contributed by atoms with Gasteiger partial charge in [-0.3, -0.25) is 4.79 Å². The molecule has 1 aliphatic heterocycles. The lowest BCUT2D eigenvalue weighted by molar-refractivity contribution is -0.305. The molecule has 0 saturated carbocycles. The van der Waals surface area contributed by atoms with E-state index in [1.54, 1.807) is 7.11 Å². The molecule has 1 fully saturated rings. The molecule has 0 amide bonds. The molecular weight excluding hydrogens is 476 g/mol. The number of esters is 1. The molecule has 1 aliphatic rings. The Bertz CT molecular complexity index is 725. The fourth-order valence-corrected chi connectivity index (χ4v) is 4.63. The number of methoxy groups -OCH3 is 2. The van der Waals surface area contributed by atoms with Crippen LogP contribution in [0.15, 0.2) is 24.3 Å². The first-order valence-corrected chi connectivity index (χ1v) is 13.9. The Morgan fingerprint density at radius 3 is 2.03 bits per heavy atom. The normalized spacial score (nSPS) is 23.6. The summed E-state index contributed by atoms with van der Waals surface area (Å²) in [6, 6.07) is 7.36. The van der Waals surface area contributed by atoms with E-state index in [4.69, 9.17) is 23.7 Å². The molecule has 0 radical (unpaired) electrons. The van der Waals surface area contributed by atoms with E-state index in [0.717, 1.165) is 30.6 Å². The van der Waals surface area contributed by atoms with E-state index in [0.29, 0.717) is 0 Å². The highest BCUT2D eigenvalue weighted by Gasteiger charge is 2.48. The lowest BCUT2D eigenvalue weighted by Crippen LogP contribution is -2.61. The fraction of sp³-hybridized carbons (Fsp3) is 0.759. The van der Waals surface area contributed by atoms with Gasteiger partial charge in [-0.1, -0.05) is 83.3 Å². The predicted octanol–water partition coefficient (Wildman–Crippen LogP) is 4.92. The zero-order chi connectivity index (χ0) is 26.9. The molecular formula is C29H48O8. The molecule has 5 atom stereocenters. The first kappa shape index (κ1) is 31.5.